The van der Waals surface area contributed by atoms with Gasteiger partial charge in [-0.05, 0) is 23.8 Å². The summed E-state index contributed by atoms with van der Waals surface area (Å²) in [5, 5.41) is 15.0. The summed E-state index contributed by atoms with van der Waals surface area (Å²) < 4.78 is 0. The quantitative estimate of drug-likeness (QED) is 0.808. The Balaban J connectivity index is 1.84. The molecule has 1 aliphatic rings. The van der Waals surface area contributed by atoms with Gasteiger partial charge in [-0.2, -0.15) is 0 Å². The summed E-state index contributed by atoms with van der Waals surface area (Å²) in [7, 11) is 0. The summed E-state index contributed by atoms with van der Waals surface area (Å²) in [4.78, 5) is 23.6. The van der Waals surface area contributed by atoms with Crippen molar-refractivity contribution in [2.75, 3.05) is 17.2 Å². The number of benzene rings is 2. The van der Waals surface area contributed by atoms with Gasteiger partial charge in [-0.1, -0.05) is 30.3 Å². The fourth-order valence-electron chi connectivity index (χ4n) is 2.52. The number of carbonyl (C=O) groups is 2. The van der Waals surface area contributed by atoms with Crippen molar-refractivity contribution in [1.29, 1.82) is 0 Å². The molecule has 1 aliphatic heterocycles. The molecule has 21 heavy (non-hydrogen) atoms. The second kappa shape index (κ2) is 5.28. The smallest absolute Gasteiger partial charge is 0.337 e. The van der Waals surface area contributed by atoms with E-state index in [9.17, 15) is 9.59 Å². The van der Waals surface area contributed by atoms with Crippen LogP contribution in [0.15, 0.2) is 48.5 Å². The molecule has 106 valence electrons. The van der Waals surface area contributed by atoms with Gasteiger partial charge in [-0.3, -0.25) is 4.79 Å². The largest absolute Gasteiger partial charge is 0.478 e. The molecular weight excluding hydrogens is 268 g/mol. The minimum atomic E-state index is -1.06. The van der Waals surface area contributed by atoms with Gasteiger partial charge in [-0.15, -0.1) is 0 Å². The van der Waals surface area contributed by atoms with Gasteiger partial charge in [0.25, 0.3) is 0 Å². The number of amides is 1. The Morgan fingerprint density at radius 2 is 1.81 bits per heavy atom. The lowest BCUT2D eigenvalue weighted by Crippen LogP contribution is -2.23. The van der Waals surface area contributed by atoms with Crippen molar-refractivity contribution in [3.8, 4) is 0 Å². The Morgan fingerprint density at radius 1 is 1.10 bits per heavy atom. The van der Waals surface area contributed by atoms with Gasteiger partial charge in [0.15, 0.2) is 0 Å². The molecule has 0 fully saturated rings. The number of para-hydroxylation sites is 2. The maximum atomic E-state index is 12.4. The Hall–Kier alpha value is -2.82. The zero-order valence-electron chi connectivity index (χ0n) is 11.2. The van der Waals surface area contributed by atoms with Crippen molar-refractivity contribution >= 4 is 23.3 Å². The number of aromatic carboxylic acids is 1. The van der Waals surface area contributed by atoms with Gasteiger partial charge in [0, 0.05) is 12.2 Å². The summed E-state index contributed by atoms with van der Waals surface area (Å²) in [6, 6.07) is 14.0. The van der Waals surface area contributed by atoms with Crippen LogP contribution < -0.4 is 10.6 Å². The van der Waals surface area contributed by atoms with Crippen LogP contribution in [0.4, 0.5) is 11.4 Å². The number of carboxylic acids is 1. The van der Waals surface area contributed by atoms with Crippen molar-refractivity contribution in [2.24, 2.45) is 0 Å². The van der Waals surface area contributed by atoms with E-state index in [-0.39, 0.29) is 17.4 Å². The number of carboxylic acid groups (broad SMARTS) is 1. The third-order valence-corrected chi connectivity index (χ3v) is 3.56. The van der Waals surface area contributed by atoms with Crippen LogP contribution in [0.5, 0.6) is 0 Å². The highest BCUT2D eigenvalue weighted by Gasteiger charge is 2.28. The summed E-state index contributed by atoms with van der Waals surface area (Å²) in [5.74, 6) is -1.58. The van der Waals surface area contributed by atoms with Crippen LogP contribution in [-0.2, 0) is 4.79 Å². The SMILES string of the molecule is O=C(O)c1ccccc1NC(=O)C1CNc2ccccc21. The van der Waals surface area contributed by atoms with Crippen molar-refractivity contribution in [3.63, 3.8) is 0 Å². The lowest BCUT2D eigenvalue weighted by molar-refractivity contribution is -0.117. The van der Waals surface area contributed by atoms with Crippen molar-refractivity contribution < 1.29 is 14.7 Å². The first kappa shape index (κ1) is 13.2. The molecule has 5 heteroatoms. The number of nitrogens with one attached hydrogen (secondary N) is 2. The van der Waals surface area contributed by atoms with Gasteiger partial charge < -0.3 is 15.7 Å². The fourth-order valence-corrected chi connectivity index (χ4v) is 2.52. The molecule has 0 spiro atoms. The van der Waals surface area contributed by atoms with E-state index in [1.807, 2.05) is 24.3 Å². The van der Waals surface area contributed by atoms with Crippen LogP contribution in [0.1, 0.15) is 21.8 Å². The van der Waals surface area contributed by atoms with E-state index >= 15 is 0 Å². The van der Waals surface area contributed by atoms with Crippen LogP contribution >= 0.6 is 0 Å². The predicted molar refractivity (Wildman–Crippen MR) is 79.7 cm³/mol. The molecule has 2 aromatic carbocycles. The number of anilines is 2. The minimum Gasteiger partial charge on any atom is -0.478 e. The Kier molecular flexibility index (Phi) is 3.31. The minimum absolute atomic E-state index is 0.0880. The predicted octanol–water partition coefficient (Wildman–Crippen LogP) is 2.53. The molecule has 0 saturated carbocycles. The second-order valence-electron chi connectivity index (χ2n) is 4.86. The first-order chi connectivity index (χ1) is 10.2. The number of rotatable bonds is 3. The Bertz CT molecular complexity index is 712. The molecule has 0 radical (unpaired) electrons. The van der Waals surface area contributed by atoms with Crippen LogP contribution in [0.2, 0.25) is 0 Å². The lowest BCUT2D eigenvalue weighted by Gasteiger charge is -2.12. The van der Waals surface area contributed by atoms with E-state index in [0.29, 0.717) is 12.2 Å². The van der Waals surface area contributed by atoms with Gasteiger partial charge >= 0.3 is 5.97 Å². The van der Waals surface area contributed by atoms with Crippen molar-refractivity contribution in [3.05, 3.63) is 59.7 Å². The van der Waals surface area contributed by atoms with Crippen LogP contribution in [-0.4, -0.2) is 23.5 Å². The van der Waals surface area contributed by atoms with Gasteiger partial charge in [-0.25, -0.2) is 4.79 Å². The molecule has 5 nitrogen and oxygen atoms in total. The molecule has 0 bridgehead atoms. The number of fused-ring (bicyclic) bond motifs is 1. The highest BCUT2D eigenvalue weighted by molar-refractivity contribution is 6.03. The van der Waals surface area contributed by atoms with E-state index in [1.54, 1.807) is 18.2 Å². The molecule has 1 unspecified atom stereocenters. The molecule has 3 N–H and O–H groups in total. The van der Waals surface area contributed by atoms with Crippen molar-refractivity contribution in [1.82, 2.24) is 0 Å². The standard InChI is InChI=1S/C16H14N2O3/c19-15(12-9-17-13-7-3-1-5-10(12)13)18-14-8-4-2-6-11(14)16(20)21/h1-8,12,17H,9H2,(H,18,19)(H,20,21). The zero-order chi connectivity index (χ0) is 14.8. The van der Waals surface area contributed by atoms with Gasteiger partial charge in [0.2, 0.25) is 5.91 Å². The summed E-state index contributed by atoms with van der Waals surface area (Å²) in [6.07, 6.45) is 0. The molecule has 0 aliphatic carbocycles. The third kappa shape index (κ3) is 2.45. The first-order valence-electron chi connectivity index (χ1n) is 6.63. The molecule has 3 rings (SSSR count). The topological polar surface area (TPSA) is 78.4 Å². The number of hydrogen-bond acceptors (Lipinski definition) is 3. The van der Waals surface area contributed by atoms with E-state index in [2.05, 4.69) is 10.6 Å². The monoisotopic (exact) mass is 282 g/mol. The Labute approximate surface area is 121 Å². The molecule has 0 aromatic heterocycles. The summed E-state index contributed by atoms with van der Waals surface area (Å²) >= 11 is 0. The molecule has 1 atom stereocenters. The van der Waals surface area contributed by atoms with Gasteiger partial charge in [0.1, 0.15) is 0 Å². The molecule has 0 saturated heterocycles. The van der Waals surface area contributed by atoms with Crippen LogP contribution in [0, 0.1) is 0 Å². The van der Waals surface area contributed by atoms with E-state index in [0.717, 1.165) is 11.3 Å². The average molecular weight is 282 g/mol. The average Bonchev–Trinajstić information content (AvgIpc) is 2.91. The molecule has 2 aromatic rings. The van der Waals surface area contributed by atoms with E-state index < -0.39 is 5.97 Å². The summed E-state index contributed by atoms with van der Waals surface area (Å²) in [6.45, 7) is 0.514. The maximum absolute atomic E-state index is 12.4. The highest BCUT2D eigenvalue weighted by atomic mass is 16.4. The van der Waals surface area contributed by atoms with Crippen LogP contribution in [0.25, 0.3) is 0 Å². The van der Waals surface area contributed by atoms with E-state index in [1.165, 1.54) is 6.07 Å². The second-order valence-corrected chi connectivity index (χ2v) is 4.86. The number of hydrogen-bond donors (Lipinski definition) is 3. The molecular formula is C16H14N2O3. The lowest BCUT2D eigenvalue weighted by atomic mass is 10.0. The highest BCUT2D eigenvalue weighted by Crippen LogP contribution is 2.32. The van der Waals surface area contributed by atoms with E-state index in [4.69, 9.17) is 5.11 Å². The van der Waals surface area contributed by atoms with Crippen LogP contribution in [0.3, 0.4) is 0 Å². The number of carbonyl (C=O) groups excluding carboxylic acids is 1. The summed E-state index contributed by atoms with van der Waals surface area (Å²) in [5.41, 5.74) is 2.29. The maximum Gasteiger partial charge on any atom is 0.337 e. The molecule has 1 heterocycles. The van der Waals surface area contributed by atoms with Gasteiger partial charge in [0.05, 0.1) is 17.2 Å². The van der Waals surface area contributed by atoms with Crippen molar-refractivity contribution in [2.45, 2.75) is 5.92 Å². The first-order valence-corrected chi connectivity index (χ1v) is 6.63. The fraction of sp³-hybridized carbons (Fsp3) is 0.125. The normalized spacial score (nSPS) is 15.9. The molecule has 1 amide bonds. The zero-order valence-corrected chi connectivity index (χ0v) is 11.2. The Morgan fingerprint density at radius 3 is 2.62 bits per heavy atom. The third-order valence-electron chi connectivity index (χ3n) is 3.56.